The minimum atomic E-state index is -0.183. The normalized spacial score (nSPS) is 11.0. The Hall–Kier alpha value is -1.84. The molecule has 0 saturated heterocycles. The monoisotopic (exact) mass is 273 g/mol. The Morgan fingerprint density at radius 2 is 1.75 bits per heavy atom. The van der Waals surface area contributed by atoms with Crippen LogP contribution in [0.3, 0.4) is 0 Å². The Morgan fingerprint density at radius 3 is 2.55 bits per heavy atom. The summed E-state index contributed by atoms with van der Waals surface area (Å²) in [7, 11) is 0. The molecule has 0 spiro atoms. The molecule has 1 aromatic carbocycles. The summed E-state index contributed by atoms with van der Waals surface area (Å²) in [6, 6.07) is 8.24. The fourth-order valence-corrected chi connectivity index (χ4v) is 2.48. The van der Waals surface area contributed by atoms with Crippen molar-refractivity contribution in [2.45, 2.75) is 51.5 Å². The Balaban J connectivity index is 1.60. The molecule has 1 amide bonds. The van der Waals surface area contributed by atoms with Gasteiger partial charge in [-0.15, -0.1) is 0 Å². The summed E-state index contributed by atoms with van der Waals surface area (Å²) in [6.07, 6.45) is 9.32. The van der Waals surface area contributed by atoms with Crippen LogP contribution in [-0.2, 0) is 11.3 Å². The van der Waals surface area contributed by atoms with Crippen LogP contribution < -0.4 is 5.73 Å². The molecule has 2 N–H and O–H groups in total. The molecule has 0 bridgehead atoms. The van der Waals surface area contributed by atoms with E-state index in [2.05, 4.69) is 21.7 Å². The van der Waals surface area contributed by atoms with E-state index >= 15 is 0 Å². The molecule has 108 valence electrons. The van der Waals surface area contributed by atoms with E-state index in [9.17, 15) is 4.79 Å². The average Bonchev–Trinajstić information content (AvgIpc) is 2.85. The van der Waals surface area contributed by atoms with E-state index in [0.717, 1.165) is 24.9 Å². The molecular weight excluding hydrogens is 250 g/mol. The van der Waals surface area contributed by atoms with Crippen molar-refractivity contribution in [2.75, 3.05) is 0 Å². The van der Waals surface area contributed by atoms with Gasteiger partial charge < -0.3 is 10.3 Å². The lowest BCUT2D eigenvalue weighted by atomic mass is 10.1. The number of carbonyl (C=O) groups excluding carboxylic acids is 1. The molecule has 1 heterocycles. The number of fused-ring (bicyclic) bond motifs is 1. The second kappa shape index (κ2) is 7.68. The molecule has 0 fully saturated rings. The maximum atomic E-state index is 10.6. The number of amides is 1. The zero-order valence-corrected chi connectivity index (χ0v) is 11.9. The van der Waals surface area contributed by atoms with Gasteiger partial charge in [-0.1, -0.05) is 37.8 Å². The van der Waals surface area contributed by atoms with Crippen LogP contribution >= 0.6 is 0 Å². The summed E-state index contributed by atoms with van der Waals surface area (Å²) in [4.78, 5) is 15.0. The van der Waals surface area contributed by atoms with Crippen molar-refractivity contribution in [1.29, 1.82) is 0 Å². The Morgan fingerprint density at radius 1 is 1.05 bits per heavy atom. The number of rotatable bonds is 9. The van der Waals surface area contributed by atoms with Crippen molar-refractivity contribution < 1.29 is 4.79 Å². The molecule has 0 aliphatic heterocycles. The van der Waals surface area contributed by atoms with E-state index in [4.69, 9.17) is 5.73 Å². The van der Waals surface area contributed by atoms with Crippen LogP contribution in [0.15, 0.2) is 30.6 Å². The van der Waals surface area contributed by atoms with Crippen LogP contribution in [0.4, 0.5) is 0 Å². The number of unbranched alkanes of at least 4 members (excludes halogenated alkanes) is 5. The number of hydrogen-bond acceptors (Lipinski definition) is 2. The average molecular weight is 273 g/mol. The van der Waals surface area contributed by atoms with E-state index in [0.29, 0.717) is 6.42 Å². The van der Waals surface area contributed by atoms with E-state index in [1.165, 1.54) is 31.2 Å². The van der Waals surface area contributed by atoms with Crippen LogP contribution in [0.1, 0.15) is 44.9 Å². The van der Waals surface area contributed by atoms with Crippen LogP contribution in [0, 0.1) is 0 Å². The second-order valence-corrected chi connectivity index (χ2v) is 5.26. The molecule has 2 rings (SSSR count). The lowest BCUT2D eigenvalue weighted by Gasteiger charge is -2.04. The van der Waals surface area contributed by atoms with E-state index < -0.39 is 0 Å². The molecule has 0 saturated carbocycles. The number of aryl methyl sites for hydroxylation is 1. The second-order valence-electron chi connectivity index (χ2n) is 5.26. The number of nitrogens with zero attached hydrogens (tertiary/aromatic N) is 2. The van der Waals surface area contributed by atoms with Gasteiger partial charge >= 0.3 is 0 Å². The summed E-state index contributed by atoms with van der Waals surface area (Å²) in [5.74, 6) is -0.183. The van der Waals surface area contributed by atoms with Gasteiger partial charge in [0, 0.05) is 13.0 Å². The van der Waals surface area contributed by atoms with Crippen molar-refractivity contribution in [1.82, 2.24) is 9.55 Å². The number of carbonyl (C=O) groups is 1. The van der Waals surface area contributed by atoms with Gasteiger partial charge in [-0.05, 0) is 25.0 Å². The van der Waals surface area contributed by atoms with Crippen molar-refractivity contribution in [3.8, 4) is 0 Å². The highest BCUT2D eigenvalue weighted by atomic mass is 16.1. The zero-order chi connectivity index (χ0) is 14.2. The summed E-state index contributed by atoms with van der Waals surface area (Å²) in [5, 5.41) is 0. The van der Waals surface area contributed by atoms with Crippen LogP contribution in [0.5, 0.6) is 0 Å². The third kappa shape index (κ3) is 4.37. The number of aromatic nitrogens is 2. The third-order valence-electron chi connectivity index (χ3n) is 3.60. The topological polar surface area (TPSA) is 60.9 Å². The summed E-state index contributed by atoms with van der Waals surface area (Å²) >= 11 is 0. The molecular formula is C16H23N3O. The number of imidazole rings is 1. The van der Waals surface area contributed by atoms with Gasteiger partial charge in [-0.3, -0.25) is 4.79 Å². The molecule has 0 atom stereocenters. The molecule has 20 heavy (non-hydrogen) atoms. The minimum Gasteiger partial charge on any atom is -0.370 e. The van der Waals surface area contributed by atoms with Crippen molar-refractivity contribution in [3.05, 3.63) is 30.6 Å². The molecule has 0 unspecified atom stereocenters. The lowest BCUT2D eigenvalue weighted by molar-refractivity contribution is -0.118. The smallest absolute Gasteiger partial charge is 0.217 e. The highest BCUT2D eigenvalue weighted by Crippen LogP contribution is 2.13. The fraction of sp³-hybridized carbons (Fsp3) is 0.500. The van der Waals surface area contributed by atoms with Gasteiger partial charge in [0.15, 0.2) is 0 Å². The Kier molecular flexibility index (Phi) is 5.59. The maximum absolute atomic E-state index is 10.6. The number of hydrogen-bond donors (Lipinski definition) is 1. The number of primary amides is 1. The van der Waals surface area contributed by atoms with Crippen molar-refractivity contribution in [3.63, 3.8) is 0 Å². The standard InChI is InChI=1S/C16H23N3O/c17-16(20)11-5-3-1-2-4-8-12-19-13-18-14-9-6-7-10-15(14)19/h6-7,9-10,13H,1-5,8,11-12H2,(H2,17,20). The number of para-hydroxylation sites is 2. The van der Waals surface area contributed by atoms with Gasteiger partial charge in [0.2, 0.25) is 5.91 Å². The largest absolute Gasteiger partial charge is 0.370 e. The van der Waals surface area contributed by atoms with Crippen molar-refractivity contribution in [2.24, 2.45) is 5.73 Å². The first kappa shape index (κ1) is 14.6. The van der Waals surface area contributed by atoms with E-state index in [-0.39, 0.29) is 5.91 Å². The predicted octanol–water partition coefficient (Wildman–Crippen LogP) is 3.25. The first-order chi connectivity index (χ1) is 9.77. The van der Waals surface area contributed by atoms with E-state index in [1.54, 1.807) is 0 Å². The highest BCUT2D eigenvalue weighted by molar-refractivity contribution is 5.74. The van der Waals surface area contributed by atoms with Gasteiger partial charge in [-0.25, -0.2) is 4.98 Å². The number of benzene rings is 1. The highest BCUT2D eigenvalue weighted by Gasteiger charge is 2.00. The Bertz CT molecular complexity index is 547. The molecule has 2 aromatic rings. The van der Waals surface area contributed by atoms with Gasteiger partial charge in [0.1, 0.15) is 0 Å². The molecule has 0 radical (unpaired) electrons. The third-order valence-corrected chi connectivity index (χ3v) is 3.60. The molecule has 4 nitrogen and oxygen atoms in total. The van der Waals surface area contributed by atoms with Gasteiger partial charge in [0.05, 0.1) is 17.4 Å². The molecule has 0 aliphatic rings. The van der Waals surface area contributed by atoms with E-state index in [1.807, 2.05) is 18.5 Å². The molecule has 4 heteroatoms. The molecule has 0 aliphatic carbocycles. The first-order valence-electron chi connectivity index (χ1n) is 7.45. The predicted molar refractivity (Wildman–Crippen MR) is 81.2 cm³/mol. The van der Waals surface area contributed by atoms with Gasteiger partial charge in [0.25, 0.3) is 0 Å². The maximum Gasteiger partial charge on any atom is 0.217 e. The lowest BCUT2D eigenvalue weighted by Crippen LogP contribution is -2.09. The quantitative estimate of drug-likeness (QED) is 0.713. The number of nitrogens with two attached hydrogens (primary N) is 1. The minimum absolute atomic E-state index is 0.183. The van der Waals surface area contributed by atoms with Crippen LogP contribution in [-0.4, -0.2) is 15.5 Å². The first-order valence-corrected chi connectivity index (χ1v) is 7.45. The Labute approximate surface area is 120 Å². The van der Waals surface area contributed by atoms with Gasteiger partial charge in [-0.2, -0.15) is 0 Å². The fourth-order valence-electron chi connectivity index (χ4n) is 2.48. The zero-order valence-electron chi connectivity index (χ0n) is 11.9. The van der Waals surface area contributed by atoms with Crippen LogP contribution in [0.25, 0.3) is 11.0 Å². The molecule has 1 aromatic heterocycles. The summed E-state index contributed by atoms with van der Waals surface area (Å²) in [6.45, 7) is 1.03. The summed E-state index contributed by atoms with van der Waals surface area (Å²) < 4.78 is 2.22. The SMILES string of the molecule is NC(=O)CCCCCCCCn1cnc2ccccc21. The van der Waals surface area contributed by atoms with Crippen molar-refractivity contribution >= 4 is 16.9 Å². The van der Waals surface area contributed by atoms with Crippen LogP contribution in [0.2, 0.25) is 0 Å². The summed E-state index contributed by atoms with van der Waals surface area (Å²) in [5.41, 5.74) is 7.39.